The van der Waals surface area contributed by atoms with Crippen LogP contribution in [0.3, 0.4) is 0 Å². The number of imidazole rings is 1. The van der Waals surface area contributed by atoms with Gasteiger partial charge in [-0.3, -0.25) is 19.6 Å². The lowest BCUT2D eigenvalue weighted by molar-refractivity contribution is 0.0836. The lowest BCUT2D eigenvalue weighted by atomic mass is 10.2. The Morgan fingerprint density at radius 2 is 2.08 bits per heavy atom. The van der Waals surface area contributed by atoms with Crippen molar-refractivity contribution < 1.29 is 9.53 Å². The van der Waals surface area contributed by atoms with Gasteiger partial charge in [-0.25, -0.2) is 4.98 Å². The monoisotopic (exact) mass is 327 g/mol. The van der Waals surface area contributed by atoms with Crippen molar-refractivity contribution in [3.05, 3.63) is 41.9 Å². The van der Waals surface area contributed by atoms with Gasteiger partial charge in [0.25, 0.3) is 5.91 Å². The molecule has 0 N–H and O–H groups in total. The van der Waals surface area contributed by atoms with Crippen LogP contribution in [0.4, 0.5) is 5.82 Å². The van der Waals surface area contributed by atoms with E-state index >= 15 is 0 Å². The number of methoxy groups -OCH3 is 1. The average molecular weight is 327 g/mol. The van der Waals surface area contributed by atoms with Gasteiger partial charge in [0.15, 0.2) is 11.5 Å². The molecule has 4 rings (SSSR count). The van der Waals surface area contributed by atoms with E-state index < -0.39 is 0 Å². The predicted octanol–water partition coefficient (Wildman–Crippen LogP) is 1.59. The molecule has 7 nitrogen and oxygen atoms in total. The van der Waals surface area contributed by atoms with Crippen molar-refractivity contribution in [3.8, 4) is 5.75 Å². The number of amides is 1. The normalized spacial score (nSPS) is 16.1. The summed E-state index contributed by atoms with van der Waals surface area (Å²) >= 11 is 0. The fourth-order valence-electron chi connectivity index (χ4n) is 3.21. The van der Waals surface area contributed by atoms with Crippen molar-refractivity contribution in [3.63, 3.8) is 0 Å². The van der Waals surface area contributed by atoms with Gasteiger partial charge >= 0.3 is 0 Å². The number of aliphatic imine (C=N–C) groups is 1. The number of anilines is 1. The Balaban J connectivity index is 1.70. The molecule has 0 spiro atoms. The summed E-state index contributed by atoms with van der Waals surface area (Å²) in [6.07, 6.45) is 1.74. The summed E-state index contributed by atoms with van der Waals surface area (Å²) in [4.78, 5) is 25.6. The van der Waals surface area contributed by atoms with Gasteiger partial charge in [0.2, 0.25) is 5.96 Å². The molecule has 0 unspecified atom stereocenters. The van der Waals surface area contributed by atoms with Crippen LogP contribution in [0, 0.1) is 0 Å². The largest absolute Gasteiger partial charge is 0.497 e. The van der Waals surface area contributed by atoms with Gasteiger partial charge in [-0.15, -0.1) is 0 Å². The van der Waals surface area contributed by atoms with Crippen LogP contribution in [-0.4, -0.2) is 53.1 Å². The van der Waals surface area contributed by atoms with Gasteiger partial charge in [-0.05, 0) is 24.6 Å². The Morgan fingerprint density at radius 3 is 2.79 bits per heavy atom. The fraction of sp³-hybridized carbons (Fsp3) is 0.353. The van der Waals surface area contributed by atoms with Gasteiger partial charge in [-0.1, -0.05) is 12.1 Å². The number of aromatic nitrogens is 2. The second-order valence-electron chi connectivity index (χ2n) is 5.78. The Morgan fingerprint density at radius 1 is 1.29 bits per heavy atom. The first-order chi connectivity index (χ1) is 11.7. The van der Waals surface area contributed by atoms with E-state index in [1.54, 1.807) is 18.3 Å². The third-order valence-electron chi connectivity index (χ3n) is 4.41. The quantitative estimate of drug-likeness (QED) is 0.855. The predicted molar refractivity (Wildman–Crippen MR) is 90.7 cm³/mol. The maximum absolute atomic E-state index is 12.9. The van der Waals surface area contributed by atoms with Crippen molar-refractivity contribution in [2.75, 3.05) is 31.6 Å². The third kappa shape index (κ3) is 2.16. The van der Waals surface area contributed by atoms with Gasteiger partial charge in [0.05, 0.1) is 20.0 Å². The molecule has 124 valence electrons. The molecule has 0 bridgehead atoms. The number of rotatable bonds is 4. The summed E-state index contributed by atoms with van der Waals surface area (Å²) in [5.74, 6) is 2.23. The van der Waals surface area contributed by atoms with Crippen LogP contribution >= 0.6 is 0 Å². The second-order valence-corrected chi connectivity index (χ2v) is 5.78. The standard InChI is InChI=1S/C17H19N5O2/c1-3-21-16(23)14-15(22-9-8-18-17(21)22)19-11-20(14)10-12-4-6-13(24-2)7-5-12/h4-7,11H,3,8-10H2,1-2H3/i15+2. The molecule has 24 heavy (non-hydrogen) atoms. The van der Waals surface area contributed by atoms with Crippen LogP contribution in [0.25, 0.3) is 0 Å². The minimum absolute atomic E-state index is 0.0320. The maximum atomic E-state index is 12.9. The molecule has 1 amide bonds. The summed E-state index contributed by atoms with van der Waals surface area (Å²) in [7, 11) is 1.65. The number of benzene rings is 1. The van der Waals surface area contributed by atoms with E-state index in [4.69, 9.17) is 4.74 Å². The zero-order valence-corrected chi connectivity index (χ0v) is 13.8. The van der Waals surface area contributed by atoms with Gasteiger partial charge in [0.1, 0.15) is 5.75 Å². The molecule has 0 saturated heterocycles. The third-order valence-corrected chi connectivity index (χ3v) is 4.41. The smallest absolute Gasteiger partial charge is 0.281 e. The molecule has 2 aliphatic heterocycles. The summed E-state index contributed by atoms with van der Waals surface area (Å²) < 4.78 is 7.10. The summed E-state index contributed by atoms with van der Waals surface area (Å²) in [5.41, 5.74) is 1.72. The van der Waals surface area contributed by atoms with Gasteiger partial charge < -0.3 is 9.30 Å². The average Bonchev–Trinajstić information content (AvgIpc) is 3.23. The molecular formula is C17H19N5O2. The number of hydrogen-bond acceptors (Lipinski definition) is 5. The second kappa shape index (κ2) is 5.67. The minimum atomic E-state index is -0.0320. The van der Waals surface area contributed by atoms with Crippen LogP contribution in [0.5, 0.6) is 5.75 Å². The number of carbonyl (C=O) groups excluding carboxylic acids is 1. The van der Waals surface area contributed by atoms with Crippen molar-refractivity contribution in [2.24, 2.45) is 4.99 Å². The fourth-order valence-corrected chi connectivity index (χ4v) is 3.21. The molecule has 1 aromatic heterocycles. The molecule has 1 aromatic carbocycles. The van der Waals surface area contributed by atoms with Crippen LogP contribution in [0.2, 0.25) is 0 Å². The van der Waals surface area contributed by atoms with Crippen LogP contribution in [-0.2, 0) is 6.54 Å². The van der Waals surface area contributed by atoms with E-state index in [0.717, 1.165) is 29.6 Å². The number of hydrogen-bond donors (Lipinski definition) is 0. The zero-order chi connectivity index (χ0) is 16.7. The van der Waals surface area contributed by atoms with Crippen LogP contribution < -0.4 is 9.64 Å². The minimum Gasteiger partial charge on any atom is -0.497 e. The lowest BCUT2D eigenvalue weighted by Gasteiger charge is -2.32. The number of ether oxygens (including phenoxy) is 1. The molecule has 2 aromatic rings. The van der Waals surface area contributed by atoms with Gasteiger partial charge in [-0.2, -0.15) is 0 Å². The molecule has 0 aliphatic carbocycles. The van der Waals surface area contributed by atoms with E-state index in [2.05, 4.69) is 9.98 Å². The number of carbonyl (C=O) groups is 1. The molecular weight excluding hydrogens is 308 g/mol. The van der Waals surface area contributed by atoms with E-state index in [0.29, 0.717) is 25.3 Å². The Labute approximate surface area is 140 Å². The van der Waals surface area contributed by atoms with Crippen LogP contribution in [0.15, 0.2) is 35.6 Å². The highest BCUT2D eigenvalue weighted by molar-refractivity contribution is 6.17. The van der Waals surface area contributed by atoms with Crippen LogP contribution in [0.1, 0.15) is 23.0 Å². The van der Waals surface area contributed by atoms with Crippen molar-refractivity contribution >= 4 is 17.7 Å². The molecule has 2 aliphatic rings. The Kier molecular flexibility index (Phi) is 3.48. The molecule has 0 atom stereocenters. The number of fused-ring (bicyclic) bond motifs is 3. The first kappa shape index (κ1) is 14.7. The SMILES string of the molecule is CCN1C(=O)c2[14c](ncn2Cc2ccc(OC)cc2)N2CCN=C12. The van der Waals surface area contributed by atoms with Gasteiger partial charge in [0, 0.05) is 19.6 Å². The molecule has 0 fully saturated rings. The Hall–Kier alpha value is -2.83. The maximum Gasteiger partial charge on any atom is 0.281 e. The van der Waals surface area contributed by atoms with Crippen molar-refractivity contribution in [1.29, 1.82) is 0 Å². The molecule has 7 heteroatoms. The van der Waals surface area contributed by atoms with E-state index in [1.807, 2.05) is 40.7 Å². The highest BCUT2D eigenvalue weighted by atomic mass is 16.5. The lowest BCUT2D eigenvalue weighted by Crippen LogP contribution is -2.50. The molecule has 3 heterocycles. The van der Waals surface area contributed by atoms with E-state index in [9.17, 15) is 4.79 Å². The summed E-state index contributed by atoms with van der Waals surface area (Å²) in [5, 5.41) is 0. The summed E-state index contributed by atoms with van der Waals surface area (Å²) in [6, 6.07) is 7.84. The first-order valence-electron chi connectivity index (χ1n) is 8.05. The zero-order valence-electron chi connectivity index (χ0n) is 13.8. The highest BCUT2D eigenvalue weighted by Crippen LogP contribution is 2.29. The topological polar surface area (TPSA) is 63.0 Å². The first-order valence-corrected chi connectivity index (χ1v) is 8.05. The van der Waals surface area contributed by atoms with E-state index in [-0.39, 0.29) is 5.91 Å². The number of guanidine groups is 1. The highest BCUT2D eigenvalue weighted by Gasteiger charge is 2.39. The summed E-state index contributed by atoms with van der Waals surface area (Å²) in [6.45, 7) is 4.62. The Bertz CT molecular complexity index is 809. The molecule has 0 saturated carbocycles. The van der Waals surface area contributed by atoms with Crippen molar-refractivity contribution in [1.82, 2.24) is 14.5 Å². The van der Waals surface area contributed by atoms with Crippen molar-refractivity contribution in [2.45, 2.75) is 13.5 Å². The molecule has 0 radical (unpaired) electrons. The van der Waals surface area contributed by atoms with E-state index in [1.165, 1.54) is 0 Å². The number of nitrogens with zero attached hydrogens (tertiary/aromatic N) is 5.